The van der Waals surface area contributed by atoms with E-state index in [0.717, 1.165) is 12.1 Å². The maximum absolute atomic E-state index is 13.0. The van der Waals surface area contributed by atoms with Gasteiger partial charge < -0.3 is 10.1 Å². The van der Waals surface area contributed by atoms with Gasteiger partial charge in [-0.1, -0.05) is 19.9 Å². The summed E-state index contributed by atoms with van der Waals surface area (Å²) >= 11 is 0. The summed E-state index contributed by atoms with van der Waals surface area (Å²) in [5.41, 5.74) is -0.442. The molecule has 1 aromatic heterocycles. The third-order valence-corrected chi connectivity index (χ3v) is 4.55. The van der Waals surface area contributed by atoms with Gasteiger partial charge in [-0.25, -0.2) is 9.48 Å². The van der Waals surface area contributed by atoms with Gasteiger partial charge in [-0.05, 0) is 38.0 Å². The summed E-state index contributed by atoms with van der Waals surface area (Å²) in [5.74, 6) is -3.00. The van der Waals surface area contributed by atoms with Crippen LogP contribution in [0.5, 0.6) is 0 Å². The lowest BCUT2D eigenvalue weighted by Crippen LogP contribution is -2.47. The fraction of sp³-hybridized carbons (Fsp3) is 0.400. The number of carbonyl (C=O) groups excluding carboxylic acids is 3. The summed E-state index contributed by atoms with van der Waals surface area (Å²) in [6.07, 6.45) is -4.54. The van der Waals surface area contributed by atoms with Gasteiger partial charge in [0, 0.05) is 0 Å². The van der Waals surface area contributed by atoms with Crippen molar-refractivity contribution in [1.29, 1.82) is 0 Å². The van der Waals surface area contributed by atoms with Crippen molar-refractivity contribution in [3.8, 4) is 5.69 Å². The van der Waals surface area contributed by atoms with Gasteiger partial charge in [-0.2, -0.15) is 18.3 Å². The Morgan fingerprint density at radius 1 is 1.17 bits per heavy atom. The van der Waals surface area contributed by atoms with Crippen LogP contribution in [-0.4, -0.2) is 40.6 Å². The summed E-state index contributed by atoms with van der Waals surface area (Å²) in [5, 5.41) is 6.48. The molecule has 0 saturated carbocycles. The number of benzene rings is 1. The Morgan fingerprint density at radius 3 is 2.33 bits per heavy atom. The molecule has 0 saturated heterocycles. The van der Waals surface area contributed by atoms with Gasteiger partial charge in [-0.15, -0.1) is 0 Å². The van der Waals surface area contributed by atoms with Crippen molar-refractivity contribution < 1.29 is 32.3 Å². The third-order valence-electron chi connectivity index (χ3n) is 4.55. The fourth-order valence-electron chi connectivity index (χ4n) is 2.98. The molecule has 1 atom stereocenters. The van der Waals surface area contributed by atoms with E-state index < -0.39 is 35.4 Å². The van der Waals surface area contributed by atoms with Gasteiger partial charge >= 0.3 is 12.1 Å². The van der Waals surface area contributed by atoms with E-state index in [4.69, 9.17) is 0 Å². The van der Waals surface area contributed by atoms with E-state index in [9.17, 15) is 27.6 Å². The molecule has 1 N–H and O–H groups in total. The van der Waals surface area contributed by atoms with Crippen molar-refractivity contribution in [3.05, 3.63) is 46.8 Å². The Balaban J connectivity index is 2.39. The largest absolute Gasteiger partial charge is 0.467 e. The number of halogens is 3. The lowest BCUT2D eigenvalue weighted by Gasteiger charge is -2.19. The summed E-state index contributed by atoms with van der Waals surface area (Å²) in [6, 6.07) is 3.44. The summed E-state index contributed by atoms with van der Waals surface area (Å²) in [7, 11) is 1.17. The second-order valence-electron chi connectivity index (χ2n) is 7.05. The average Bonchev–Trinajstić information content (AvgIpc) is 2.98. The van der Waals surface area contributed by atoms with Gasteiger partial charge in [0.15, 0.2) is 0 Å². The average molecular weight is 425 g/mol. The zero-order valence-electron chi connectivity index (χ0n) is 17.1. The predicted molar refractivity (Wildman–Crippen MR) is 101 cm³/mol. The number of nitrogens with zero attached hydrogens (tertiary/aromatic N) is 2. The Kier molecular flexibility index (Phi) is 6.69. The molecule has 2 rings (SSSR count). The maximum atomic E-state index is 13.0. The number of hydrogen-bond donors (Lipinski definition) is 1. The zero-order chi connectivity index (χ0) is 22.8. The van der Waals surface area contributed by atoms with E-state index in [2.05, 4.69) is 15.2 Å². The van der Waals surface area contributed by atoms with Gasteiger partial charge in [0.1, 0.15) is 6.04 Å². The Bertz CT molecular complexity index is 980. The number of aryl methyl sites for hydroxylation is 1. The highest BCUT2D eigenvalue weighted by Gasteiger charge is 2.32. The number of nitrogens with one attached hydrogen (secondary N) is 1. The minimum atomic E-state index is -4.54. The van der Waals surface area contributed by atoms with Crippen molar-refractivity contribution in [1.82, 2.24) is 15.1 Å². The first-order valence-electron chi connectivity index (χ1n) is 9.05. The fourth-order valence-corrected chi connectivity index (χ4v) is 2.98. The van der Waals surface area contributed by atoms with Crippen LogP contribution in [0, 0.1) is 19.8 Å². The smallest absolute Gasteiger partial charge is 0.416 e. The molecular formula is C20H22F3N3O4. The topological polar surface area (TPSA) is 90.3 Å². The quantitative estimate of drug-likeness (QED) is 0.437. The lowest BCUT2D eigenvalue weighted by molar-refractivity contribution is -0.145. The number of amides is 1. The molecule has 0 aliphatic heterocycles. The van der Waals surface area contributed by atoms with Gasteiger partial charge in [0.25, 0.3) is 11.7 Å². The second-order valence-corrected chi connectivity index (χ2v) is 7.05. The number of aromatic nitrogens is 2. The highest BCUT2D eigenvalue weighted by molar-refractivity contribution is 6.43. The highest BCUT2D eigenvalue weighted by atomic mass is 19.4. The van der Waals surface area contributed by atoms with Crippen LogP contribution in [0.25, 0.3) is 5.69 Å². The van der Waals surface area contributed by atoms with Crippen LogP contribution in [0.1, 0.15) is 41.2 Å². The van der Waals surface area contributed by atoms with E-state index in [-0.39, 0.29) is 28.6 Å². The van der Waals surface area contributed by atoms with E-state index in [0.29, 0.717) is 0 Å². The van der Waals surface area contributed by atoms with E-state index in [1.165, 1.54) is 37.8 Å². The van der Waals surface area contributed by atoms with Crippen molar-refractivity contribution >= 4 is 17.7 Å². The van der Waals surface area contributed by atoms with Crippen LogP contribution in [-0.2, 0) is 20.5 Å². The van der Waals surface area contributed by atoms with Crippen LogP contribution in [0.2, 0.25) is 0 Å². The molecular weight excluding hydrogens is 403 g/mol. The van der Waals surface area contributed by atoms with E-state index >= 15 is 0 Å². The summed E-state index contributed by atoms with van der Waals surface area (Å²) in [4.78, 5) is 37.0. The van der Waals surface area contributed by atoms with Crippen LogP contribution in [0.15, 0.2) is 24.3 Å². The number of Topliss-reactive ketones (excluding diaryl/α,β-unsaturated/α-hetero) is 1. The normalized spacial score (nSPS) is 12.6. The molecule has 0 aliphatic carbocycles. The number of methoxy groups -OCH3 is 1. The first-order chi connectivity index (χ1) is 13.9. The Labute approximate surface area is 171 Å². The van der Waals surface area contributed by atoms with Crippen molar-refractivity contribution in [2.45, 2.75) is 39.9 Å². The lowest BCUT2D eigenvalue weighted by atomic mass is 10.0. The second kappa shape index (κ2) is 8.68. The number of rotatable bonds is 6. The Morgan fingerprint density at radius 2 is 1.80 bits per heavy atom. The Hall–Kier alpha value is -3.17. The monoisotopic (exact) mass is 425 g/mol. The molecule has 0 aliphatic rings. The minimum Gasteiger partial charge on any atom is -0.467 e. The van der Waals surface area contributed by atoms with E-state index in [1.54, 1.807) is 13.8 Å². The molecule has 2 aromatic rings. The molecule has 30 heavy (non-hydrogen) atoms. The van der Waals surface area contributed by atoms with Crippen LogP contribution < -0.4 is 5.32 Å². The molecule has 0 spiro atoms. The number of carbonyl (C=O) groups is 3. The molecule has 162 valence electrons. The number of esters is 1. The number of alkyl halides is 3. The number of ether oxygens (including phenoxy) is 1. The van der Waals surface area contributed by atoms with Crippen molar-refractivity contribution in [2.75, 3.05) is 7.11 Å². The summed E-state index contributed by atoms with van der Waals surface area (Å²) < 4.78 is 44.8. The van der Waals surface area contributed by atoms with Crippen molar-refractivity contribution in [3.63, 3.8) is 0 Å². The number of hydrogen-bond acceptors (Lipinski definition) is 5. The third kappa shape index (κ3) is 4.69. The number of ketones is 1. The molecule has 0 fully saturated rings. The molecule has 1 aromatic carbocycles. The zero-order valence-corrected chi connectivity index (χ0v) is 17.1. The molecule has 1 heterocycles. The van der Waals surface area contributed by atoms with Gasteiger partial charge in [0.2, 0.25) is 0 Å². The van der Waals surface area contributed by atoms with Crippen LogP contribution >= 0.6 is 0 Å². The van der Waals surface area contributed by atoms with Gasteiger partial charge in [0.05, 0.1) is 35.3 Å². The molecule has 10 heteroatoms. The van der Waals surface area contributed by atoms with Crippen LogP contribution in [0.3, 0.4) is 0 Å². The highest BCUT2D eigenvalue weighted by Crippen LogP contribution is 2.31. The van der Waals surface area contributed by atoms with Crippen LogP contribution in [0.4, 0.5) is 13.2 Å². The molecule has 1 amide bonds. The SMILES string of the molecule is COC(=O)C(NC(=O)C(=O)c1c(C)nn(-c2cccc(C(F)(F)F)c2)c1C)C(C)C. The molecule has 7 nitrogen and oxygen atoms in total. The standard InChI is InChI=1S/C20H22F3N3O4/c1-10(2)16(19(29)30-5)24-18(28)17(27)15-11(3)25-26(12(15)4)14-8-6-7-13(9-14)20(21,22)23/h6-10,16H,1-5H3,(H,24,28). The van der Waals surface area contributed by atoms with Crippen molar-refractivity contribution in [2.24, 2.45) is 5.92 Å². The minimum absolute atomic E-state index is 0.0442. The molecule has 0 radical (unpaired) electrons. The molecule has 0 bridgehead atoms. The predicted octanol–water partition coefficient (Wildman–Crippen LogP) is 3.00. The first kappa shape index (κ1) is 23.1. The summed E-state index contributed by atoms with van der Waals surface area (Å²) in [6.45, 7) is 6.29. The van der Waals surface area contributed by atoms with E-state index in [1.807, 2.05) is 0 Å². The van der Waals surface area contributed by atoms with Gasteiger partial charge in [-0.3, -0.25) is 9.59 Å². The maximum Gasteiger partial charge on any atom is 0.416 e. The molecule has 1 unspecified atom stereocenters. The first-order valence-corrected chi connectivity index (χ1v) is 9.05.